The van der Waals surface area contributed by atoms with Crippen LogP contribution in [0, 0.1) is 18.3 Å². The summed E-state index contributed by atoms with van der Waals surface area (Å²) in [6.07, 6.45) is 0. The standard InChI is InChI=1S/C18H17ClN2O2S/c1-13-2-5-15(6-3-13)24-9-8-21-18(22)12-23-17-7-4-14(11-20)10-16(17)19/h2-7,10H,8-9,12H2,1H3,(H,21,22). The first-order valence-electron chi connectivity index (χ1n) is 7.37. The minimum absolute atomic E-state index is 0.110. The van der Waals surface area contributed by atoms with Crippen LogP contribution in [-0.2, 0) is 4.79 Å². The first kappa shape index (κ1) is 18.2. The van der Waals surface area contributed by atoms with E-state index in [4.69, 9.17) is 21.6 Å². The van der Waals surface area contributed by atoms with Crippen molar-refractivity contribution in [2.24, 2.45) is 0 Å². The molecule has 0 fully saturated rings. The molecule has 0 heterocycles. The van der Waals surface area contributed by atoms with Gasteiger partial charge in [-0.15, -0.1) is 11.8 Å². The molecule has 1 amide bonds. The van der Waals surface area contributed by atoms with Crippen LogP contribution in [-0.4, -0.2) is 24.8 Å². The van der Waals surface area contributed by atoms with Crippen LogP contribution in [0.2, 0.25) is 5.02 Å². The van der Waals surface area contributed by atoms with Crippen molar-refractivity contribution in [3.05, 3.63) is 58.6 Å². The van der Waals surface area contributed by atoms with Crippen LogP contribution in [0.1, 0.15) is 11.1 Å². The van der Waals surface area contributed by atoms with E-state index in [2.05, 4.69) is 36.5 Å². The summed E-state index contributed by atoms with van der Waals surface area (Å²) in [6, 6.07) is 14.9. The highest BCUT2D eigenvalue weighted by Crippen LogP contribution is 2.25. The van der Waals surface area contributed by atoms with Gasteiger partial charge in [-0.05, 0) is 37.3 Å². The van der Waals surface area contributed by atoms with Crippen LogP contribution in [0.5, 0.6) is 5.75 Å². The van der Waals surface area contributed by atoms with Crippen LogP contribution in [0.4, 0.5) is 0 Å². The molecule has 0 saturated heterocycles. The van der Waals surface area contributed by atoms with E-state index < -0.39 is 0 Å². The lowest BCUT2D eigenvalue weighted by molar-refractivity contribution is -0.122. The number of hydrogen-bond donors (Lipinski definition) is 1. The van der Waals surface area contributed by atoms with E-state index in [-0.39, 0.29) is 12.5 Å². The van der Waals surface area contributed by atoms with Crippen molar-refractivity contribution in [1.82, 2.24) is 5.32 Å². The fourth-order valence-corrected chi connectivity index (χ4v) is 2.88. The van der Waals surface area contributed by atoms with Crippen molar-refractivity contribution in [3.63, 3.8) is 0 Å². The molecular formula is C18H17ClN2O2S. The molecule has 0 aliphatic rings. The van der Waals surface area contributed by atoms with Crippen molar-refractivity contribution >= 4 is 29.3 Å². The van der Waals surface area contributed by atoms with Gasteiger partial charge in [-0.25, -0.2) is 0 Å². The number of amides is 1. The van der Waals surface area contributed by atoms with Crippen LogP contribution >= 0.6 is 23.4 Å². The summed E-state index contributed by atoms with van der Waals surface area (Å²) in [5.41, 5.74) is 1.68. The molecule has 6 heteroatoms. The summed E-state index contributed by atoms with van der Waals surface area (Å²) in [5, 5.41) is 11.9. The van der Waals surface area contributed by atoms with Gasteiger partial charge in [0.2, 0.25) is 0 Å². The molecular weight excluding hydrogens is 344 g/mol. The van der Waals surface area contributed by atoms with Crippen LogP contribution in [0.3, 0.4) is 0 Å². The normalized spacial score (nSPS) is 10.0. The Morgan fingerprint density at radius 2 is 2.04 bits per heavy atom. The Morgan fingerprint density at radius 3 is 2.71 bits per heavy atom. The number of aryl methyl sites for hydroxylation is 1. The molecule has 0 radical (unpaired) electrons. The second-order valence-electron chi connectivity index (χ2n) is 5.06. The molecule has 1 N–H and O–H groups in total. The number of ether oxygens (including phenoxy) is 1. The molecule has 24 heavy (non-hydrogen) atoms. The Morgan fingerprint density at radius 1 is 1.29 bits per heavy atom. The number of carbonyl (C=O) groups excluding carboxylic acids is 1. The number of nitrogens with one attached hydrogen (secondary N) is 1. The first-order valence-corrected chi connectivity index (χ1v) is 8.73. The number of rotatable bonds is 7. The number of halogens is 1. The van der Waals surface area contributed by atoms with Gasteiger partial charge in [-0.1, -0.05) is 29.3 Å². The molecule has 0 unspecified atom stereocenters. The van der Waals surface area contributed by atoms with E-state index in [0.29, 0.717) is 22.9 Å². The average molecular weight is 361 g/mol. The molecule has 0 aromatic heterocycles. The smallest absolute Gasteiger partial charge is 0.257 e. The van der Waals surface area contributed by atoms with Gasteiger partial charge in [-0.3, -0.25) is 4.79 Å². The summed E-state index contributed by atoms with van der Waals surface area (Å²) in [5.74, 6) is 0.965. The molecule has 0 spiro atoms. The maximum absolute atomic E-state index is 11.8. The van der Waals surface area contributed by atoms with Gasteiger partial charge >= 0.3 is 0 Å². The Hall–Kier alpha value is -2.16. The van der Waals surface area contributed by atoms with E-state index >= 15 is 0 Å². The van der Waals surface area contributed by atoms with Gasteiger partial charge in [0.05, 0.1) is 16.7 Å². The Balaban J connectivity index is 1.68. The fourth-order valence-electron chi connectivity index (χ4n) is 1.88. The fraction of sp³-hybridized carbons (Fsp3) is 0.222. The molecule has 0 bridgehead atoms. The van der Waals surface area contributed by atoms with Gasteiger partial charge in [0.25, 0.3) is 5.91 Å². The lowest BCUT2D eigenvalue weighted by Crippen LogP contribution is -2.30. The second-order valence-corrected chi connectivity index (χ2v) is 6.63. The molecule has 0 saturated carbocycles. The van der Waals surface area contributed by atoms with Crippen LogP contribution in [0.25, 0.3) is 0 Å². The number of hydrogen-bond acceptors (Lipinski definition) is 4. The maximum Gasteiger partial charge on any atom is 0.257 e. The van der Waals surface area contributed by atoms with Gasteiger partial charge < -0.3 is 10.1 Å². The Bertz CT molecular complexity index is 742. The van der Waals surface area contributed by atoms with E-state index in [1.54, 1.807) is 23.9 Å². The van der Waals surface area contributed by atoms with Gasteiger partial charge in [0, 0.05) is 17.2 Å². The minimum Gasteiger partial charge on any atom is -0.482 e. The van der Waals surface area contributed by atoms with Gasteiger partial charge in [0.1, 0.15) is 5.75 Å². The summed E-state index contributed by atoms with van der Waals surface area (Å²) in [6.45, 7) is 2.50. The minimum atomic E-state index is -0.208. The zero-order valence-corrected chi connectivity index (χ0v) is 14.8. The van der Waals surface area contributed by atoms with Gasteiger partial charge in [0.15, 0.2) is 6.61 Å². The Kier molecular flexibility index (Phi) is 6.98. The van der Waals surface area contributed by atoms with Crippen LogP contribution in [0.15, 0.2) is 47.4 Å². The summed E-state index contributed by atoms with van der Waals surface area (Å²) in [7, 11) is 0. The van der Waals surface area contributed by atoms with Crippen molar-refractivity contribution in [2.75, 3.05) is 18.9 Å². The lowest BCUT2D eigenvalue weighted by Gasteiger charge is -2.09. The van der Waals surface area contributed by atoms with E-state index in [1.807, 2.05) is 6.07 Å². The summed E-state index contributed by atoms with van der Waals surface area (Å²) >= 11 is 7.67. The summed E-state index contributed by atoms with van der Waals surface area (Å²) in [4.78, 5) is 12.9. The van der Waals surface area contributed by atoms with E-state index in [0.717, 1.165) is 5.75 Å². The number of carbonyl (C=O) groups is 1. The topological polar surface area (TPSA) is 62.1 Å². The maximum atomic E-state index is 11.8. The quantitative estimate of drug-likeness (QED) is 0.602. The highest BCUT2D eigenvalue weighted by Gasteiger charge is 2.06. The molecule has 2 aromatic carbocycles. The monoisotopic (exact) mass is 360 g/mol. The lowest BCUT2D eigenvalue weighted by atomic mass is 10.2. The van der Waals surface area contributed by atoms with Crippen molar-refractivity contribution in [3.8, 4) is 11.8 Å². The molecule has 124 valence electrons. The molecule has 2 aromatic rings. The molecule has 0 atom stereocenters. The SMILES string of the molecule is Cc1ccc(SCCNC(=O)COc2ccc(C#N)cc2Cl)cc1. The predicted molar refractivity (Wildman–Crippen MR) is 96.6 cm³/mol. The van der Waals surface area contributed by atoms with Gasteiger partial charge in [-0.2, -0.15) is 5.26 Å². The highest BCUT2D eigenvalue weighted by atomic mass is 35.5. The summed E-state index contributed by atoms with van der Waals surface area (Å²) < 4.78 is 5.37. The molecule has 2 rings (SSSR count). The molecule has 4 nitrogen and oxygen atoms in total. The largest absolute Gasteiger partial charge is 0.482 e. The zero-order valence-electron chi connectivity index (χ0n) is 13.2. The number of benzene rings is 2. The third-order valence-corrected chi connectivity index (χ3v) is 4.44. The third kappa shape index (κ3) is 5.80. The number of thioether (sulfide) groups is 1. The average Bonchev–Trinajstić information content (AvgIpc) is 2.59. The third-order valence-electron chi connectivity index (χ3n) is 3.13. The van der Waals surface area contributed by atoms with Crippen LogP contribution < -0.4 is 10.1 Å². The van der Waals surface area contributed by atoms with E-state index in [1.165, 1.54) is 16.5 Å². The highest BCUT2D eigenvalue weighted by molar-refractivity contribution is 7.99. The molecule has 0 aliphatic carbocycles. The Labute approximate surface area is 150 Å². The van der Waals surface area contributed by atoms with Crippen molar-refractivity contribution in [2.45, 2.75) is 11.8 Å². The number of nitriles is 1. The predicted octanol–water partition coefficient (Wildman–Crippen LogP) is 3.81. The van der Waals surface area contributed by atoms with E-state index in [9.17, 15) is 4.79 Å². The second kappa shape index (κ2) is 9.21. The zero-order chi connectivity index (χ0) is 17.4. The van der Waals surface area contributed by atoms with Crippen molar-refractivity contribution in [1.29, 1.82) is 5.26 Å². The first-order chi connectivity index (χ1) is 11.6. The molecule has 0 aliphatic heterocycles. The number of nitrogens with zero attached hydrogens (tertiary/aromatic N) is 1. The van der Waals surface area contributed by atoms with Crippen molar-refractivity contribution < 1.29 is 9.53 Å².